The average molecular weight is 556 g/mol. The van der Waals surface area contributed by atoms with Gasteiger partial charge in [-0.3, -0.25) is 4.79 Å². The molecule has 0 aliphatic rings. The Hall–Kier alpha value is -3.54. The van der Waals surface area contributed by atoms with Crippen LogP contribution in [0.4, 0.5) is 14.4 Å². The van der Waals surface area contributed by atoms with Gasteiger partial charge in [0.15, 0.2) is 11.5 Å². The highest BCUT2D eigenvalue weighted by molar-refractivity contribution is 5.81. The van der Waals surface area contributed by atoms with E-state index in [2.05, 4.69) is 0 Å². The van der Waals surface area contributed by atoms with Crippen molar-refractivity contribution in [3.63, 3.8) is 0 Å². The van der Waals surface area contributed by atoms with Gasteiger partial charge in [-0.15, -0.1) is 0 Å². The molecule has 12 nitrogen and oxygen atoms in total. The molecule has 0 aromatic heterocycles. The Morgan fingerprint density at radius 1 is 0.846 bits per heavy atom. The first-order valence-corrected chi connectivity index (χ1v) is 12.8. The van der Waals surface area contributed by atoms with Gasteiger partial charge in [-0.1, -0.05) is 40.7 Å². The maximum Gasteiger partial charge on any atom is 0.513 e. The third-order valence-electron chi connectivity index (χ3n) is 4.95. The van der Waals surface area contributed by atoms with Crippen LogP contribution in [0.15, 0.2) is 18.2 Å². The van der Waals surface area contributed by atoms with Crippen LogP contribution in [0.3, 0.4) is 0 Å². The molecule has 1 aromatic carbocycles. The van der Waals surface area contributed by atoms with Crippen molar-refractivity contribution < 1.29 is 52.3 Å². The minimum atomic E-state index is -1.63. The standard InChI is InChI=1S/C27H41NO11/c1-8-11-34-24(30)37-19(6)13-27(28,23(29)33-7)14-20-9-10-21(38-25(31)35-15-17(2)3)22(12-20)39-26(32)36-16-18(4)5/h9-10,12,17-19H,8,11,13-16,28H2,1-7H3/t19-,27?/m0/s1. The van der Waals surface area contributed by atoms with E-state index in [0.717, 1.165) is 0 Å². The summed E-state index contributed by atoms with van der Waals surface area (Å²) in [6.45, 7) is 11.3. The summed E-state index contributed by atoms with van der Waals surface area (Å²) < 4.78 is 35.6. The summed E-state index contributed by atoms with van der Waals surface area (Å²) in [6, 6.07) is 4.28. The summed E-state index contributed by atoms with van der Waals surface area (Å²) in [6.07, 6.45) is -3.25. The molecule has 0 spiro atoms. The molecule has 1 rings (SSSR count). The molecule has 0 fully saturated rings. The summed E-state index contributed by atoms with van der Waals surface area (Å²) in [5.41, 5.74) is 5.23. The minimum Gasteiger partial charge on any atom is -0.468 e. The molecule has 0 bridgehead atoms. The molecule has 39 heavy (non-hydrogen) atoms. The van der Waals surface area contributed by atoms with E-state index in [1.165, 1.54) is 25.3 Å². The van der Waals surface area contributed by atoms with Crippen molar-refractivity contribution in [1.82, 2.24) is 0 Å². The average Bonchev–Trinajstić information content (AvgIpc) is 2.85. The number of nitrogens with two attached hydrogens (primary N) is 1. The number of hydrogen-bond acceptors (Lipinski definition) is 12. The molecule has 12 heteroatoms. The molecule has 0 saturated heterocycles. The summed E-state index contributed by atoms with van der Waals surface area (Å²) in [7, 11) is 1.18. The van der Waals surface area contributed by atoms with E-state index in [0.29, 0.717) is 12.0 Å². The second kappa shape index (κ2) is 16.4. The predicted molar refractivity (Wildman–Crippen MR) is 140 cm³/mol. The molecule has 0 amide bonds. The number of carbonyl (C=O) groups is 4. The van der Waals surface area contributed by atoms with Crippen LogP contribution in [-0.2, 0) is 34.9 Å². The van der Waals surface area contributed by atoms with Crippen molar-refractivity contribution in [2.45, 2.75) is 72.4 Å². The topological polar surface area (TPSA) is 159 Å². The number of hydrogen-bond donors (Lipinski definition) is 1. The van der Waals surface area contributed by atoms with E-state index in [1.807, 2.05) is 34.6 Å². The van der Waals surface area contributed by atoms with Crippen LogP contribution in [0.5, 0.6) is 11.5 Å². The zero-order valence-corrected chi connectivity index (χ0v) is 23.8. The molecule has 1 unspecified atom stereocenters. The molecule has 220 valence electrons. The number of ether oxygens (including phenoxy) is 7. The number of esters is 1. The Labute approximate surface area is 229 Å². The Morgan fingerprint density at radius 2 is 1.41 bits per heavy atom. The van der Waals surface area contributed by atoms with E-state index in [-0.39, 0.29) is 56.0 Å². The Kier molecular flexibility index (Phi) is 14.1. The molecule has 0 heterocycles. The molecular formula is C27H41NO11. The van der Waals surface area contributed by atoms with Crippen LogP contribution < -0.4 is 15.2 Å². The van der Waals surface area contributed by atoms with Crippen molar-refractivity contribution in [3.8, 4) is 11.5 Å². The second-order valence-electron chi connectivity index (χ2n) is 9.95. The van der Waals surface area contributed by atoms with Crippen molar-refractivity contribution in [2.75, 3.05) is 26.9 Å². The van der Waals surface area contributed by atoms with E-state index < -0.39 is 36.1 Å². The van der Waals surface area contributed by atoms with Gasteiger partial charge in [-0.25, -0.2) is 14.4 Å². The van der Waals surface area contributed by atoms with Crippen LogP contribution in [0.1, 0.15) is 59.9 Å². The lowest BCUT2D eigenvalue weighted by atomic mass is 9.86. The fraction of sp³-hybridized carbons (Fsp3) is 0.630. The maximum atomic E-state index is 12.7. The number of benzene rings is 1. The number of carbonyl (C=O) groups excluding carboxylic acids is 4. The van der Waals surface area contributed by atoms with E-state index >= 15 is 0 Å². The van der Waals surface area contributed by atoms with Crippen LogP contribution in [0.2, 0.25) is 0 Å². The lowest BCUT2D eigenvalue weighted by Crippen LogP contribution is -2.53. The van der Waals surface area contributed by atoms with Crippen LogP contribution in [0.25, 0.3) is 0 Å². The SMILES string of the molecule is CCCOC(=O)O[C@@H](C)CC(N)(Cc1ccc(OC(=O)OCC(C)C)c(OC(=O)OCC(C)C)c1)C(=O)OC. The van der Waals surface area contributed by atoms with Gasteiger partial charge in [0.2, 0.25) is 0 Å². The highest BCUT2D eigenvalue weighted by Gasteiger charge is 2.38. The van der Waals surface area contributed by atoms with Crippen molar-refractivity contribution in [1.29, 1.82) is 0 Å². The largest absolute Gasteiger partial charge is 0.513 e. The van der Waals surface area contributed by atoms with Crippen LogP contribution >= 0.6 is 0 Å². The molecule has 2 N–H and O–H groups in total. The molecular weight excluding hydrogens is 514 g/mol. The second-order valence-corrected chi connectivity index (χ2v) is 9.95. The quantitative estimate of drug-likeness (QED) is 0.190. The van der Waals surface area contributed by atoms with Gasteiger partial charge in [-0.2, -0.15) is 0 Å². The zero-order valence-electron chi connectivity index (χ0n) is 23.8. The molecule has 0 saturated carbocycles. The van der Waals surface area contributed by atoms with Crippen molar-refractivity contribution >= 4 is 24.4 Å². The van der Waals surface area contributed by atoms with Gasteiger partial charge >= 0.3 is 24.4 Å². The lowest BCUT2D eigenvalue weighted by Gasteiger charge is -2.29. The van der Waals surface area contributed by atoms with Crippen molar-refractivity contribution in [3.05, 3.63) is 23.8 Å². The fourth-order valence-corrected chi connectivity index (χ4v) is 3.27. The third-order valence-corrected chi connectivity index (χ3v) is 4.95. The maximum absolute atomic E-state index is 12.7. The normalized spacial score (nSPS) is 13.2. The summed E-state index contributed by atoms with van der Waals surface area (Å²) >= 11 is 0. The van der Waals surface area contributed by atoms with Gasteiger partial charge in [0.05, 0.1) is 26.9 Å². The third kappa shape index (κ3) is 12.7. The summed E-state index contributed by atoms with van der Waals surface area (Å²) in [5, 5.41) is 0. The Morgan fingerprint density at radius 3 is 1.92 bits per heavy atom. The van der Waals surface area contributed by atoms with Crippen LogP contribution in [-0.4, -0.2) is 63.0 Å². The van der Waals surface area contributed by atoms with Crippen molar-refractivity contribution in [2.24, 2.45) is 17.6 Å². The van der Waals surface area contributed by atoms with Gasteiger partial charge in [0.1, 0.15) is 11.6 Å². The number of methoxy groups -OCH3 is 1. The minimum absolute atomic E-state index is 0.0620. The molecule has 0 aliphatic heterocycles. The monoisotopic (exact) mass is 555 g/mol. The molecule has 1 aromatic rings. The Bertz CT molecular complexity index is 963. The first-order valence-electron chi connectivity index (χ1n) is 12.8. The highest BCUT2D eigenvalue weighted by atomic mass is 16.7. The zero-order chi connectivity index (χ0) is 29.6. The molecule has 2 atom stereocenters. The van der Waals surface area contributed by atoms with Crippen LogP contribution in [0, 0.1) is 11.8 Å². The smallest absolute Gasteiger partial charge is 0.468 e. The number of rotatable bonds is 14. The van der Waals surface area contributed by atoms with Gasteiger partial charge < -0.3 is 38.9 Å². The van der Waals surface area contributed by atoms with Gasteiger partial charge in [0, 0.05) is 12.8 Å². The lowest BCUT2D eigenvalue weighted by molar-refractivity contribution is -0.148. The Balaban J connectivity index is 3.20. The first-order chi connectivity index (χ1) is 18.3. The fourth-order valence-electron chi connectivity index (χ4n) is 3.27. The molecule has 0 aliphatic carbocycles. The van der Waals surface area contributed by atoms with E-state index in [9.17, 15) is 19.2 Å². The van der Waals surface area contributed by atoms with Gasteiger partial charge in [0.25, 0.3) is 0 Å². The highest BCUT2D eigenvalue weighted by Crippen LogP contribution is 2.32. The van der Waals surface area contributed by atoms with E-state index in [4.69, 9.17) is 38.9 Å². The van der Waals surface area contributed by atoms with Gasteiger partial charge in [-0.05, 0) is 42.9 Å². The van der Waals surface area contributed by atoms with E-state index in [1.54, 1.807) is 6.92 Å². The first kappa shape index (κ1) is 33.5. The predicted octanol–water partition coefficient (Wildman–Crippen LogP) is 4.78. The molecule has 0 radical (unpaired) electrons. The summed E-state index contributed by atoms with van der Waals surface area (Å²) in [5.74, 6) is -0.867. The summed E-state index contributed by atoms with van der Waals surface area (Å²) in [4.78, 5) is 48.9.